The topological polar surface area (TPSA) is 38.3 Å². The first-order valence-corrected chi connectivity index (χ1v) is 6.20. The summed E-state index contributed by atoms with van der Waals surface area (Å²) < 4.78 is 31.3. The molecular weight excluding hydrogens is 264 g/mol. The molecule has 0 saturated carbocycles. The van der Waals surface area contributed by atoms with Crippen molar-refractivity contribution in [3.8, 4) is 0 Å². The molecule has 20 heavy (non-hydrogen) atoms. The first-order chi connectivity index (χ1) is 9.10. The lowest BCUT2D eigenvalue weighted by molar-refractivity contribution is 0.0511. The summed E-state index contributed by atoms with van der Waals surface area (Å²) in [7, 11) is 0. The second kappa shape index (κ2) is 6.03. The molecule has 1 N–H and O–H groups in total. The van der Waals surface area contributed by atoms with Crippen LogP contribution in [0.1, 0.15) is 39.3 Å². The van der Waals surface area contributed by atoms with Gasteiger partial charge in [0.1, 0.15) is 5.60 Å². The van der Waals surface area contributed by atoms with E-state index in [9.17, 15) is 13.6 Å². The third-order valence-corrected chi connectivity index (χ3v) is 2.43. The Kier molecular flexibility index (Phi) is 4.87. The van der Waals surface area contributed by atoms with Gasteiger partial charge in [-0.25, -0.2) is 13.6 Å². The molecule has 1 amide bonds. The van der Waals surface area contributed by atoms with Crippen LogP contribution in [-0.4, -0.2) is 11.7 Å². The van der Waals surface area contributed by atoms with Gasteiger partial charge in [0.25, 0.3) is 0 Å². The lowest BCUT2D eigenvalue weighted by Gasteiger charge is -2.24. The molecule has 5 heteroatoms. The molecule has 3 nitrogen and oxygen atoms in total. The van der Waals surface area contributed by atoms with Gasteiger partial charge in [-0.05, 0) is 45.4 Å². The molecule has 0 aliphatic heterocycles. The van der Waals surface area contributed by atoms with E-state index in [0.717, 1.165) is 12.1 Å². The highest BCUT2D eigenvalue weighted by atomic mass is 19.2. The van der Waals surface area contributed by atoms with Crippen LogP contribution in [0.5, 0.6) is 0 Å². The van der Waals surface area contributed by atoms with Crippen LogP contribution in [-0.2, 0) is 4.74 Å². The second-order valence-corrected chi connectivity index (χ2v) is 5.60. The van der Waals surface area contributed by atoms with Crippen LogP contribution in [0.3, 0.4) is 0 Å². The molecule has 0 aliphatic carbocycles. The summed E-state index contributed by atoms with van der Waals surface area (Å²) in [6, 6.07) is 2.80. The zero-order valence-electron chi connectivity index (χ0n) is 12.1. The summed E-state index contributed by atoms with van der Waals surface area (Å²) >= 11 is 0. The van der Waals surface area contributed by atoms with Gasteiger partial charge in [-0.3, -0.25) is 0 Å². The summed E-state index contributed by atoms with van der Waals surface area (Å²) in [5.74, 6) is -1.91. The molecule has 0 heterocycles. The molecule has 0 spiro atoms. The monoisotopic (exact) mass is 283 g/mol. The van der Waals surface area contributed by atoms with Crippen molar-refractivity contribution in [2.24, 2.45) is 0 Å². The summed E-state index contributed by atoms with van der Waals surface area (Å²) in [4.78, 5) is 11.8. The molecule has 1 rings (SSSR count). The van der Waals surface area contributed by atoms with E-state index in [1.165, 1.54) is 6.07 Å². The van der Waals surface area contributed by atoms with Crippen LogP contribution in [0.15, 0.2) is 30.4 Å². The van der Waals surface area contributed by atoms with E-state index in [-0.39, 0.29) is 0 Å². The number of alkyl carbamates (subject to hydrolysis) is 1. The van der Waals surface area contributed by atoms with Crippen molar-refractivity contribution >= 4 is 6.09 Å². The summed E-state index contributed by atoms with van der Waals surface area (Å²) in [5.41, 5.74) is 0.349. The molecule has 110 valence electrons. The van der Waals surface area contributed by atoms with Crippen molar-refractivity contribution in [1.29, 1.82) is 0 Å². The fourth-order valence-electron chi connectivity index (χ4n) is 1.61. The molecule has 0 saturated heterocycles. The van der Waals surface area contributed by atoms with Crippen LogP contribution < -0.4 is 5.32 Å². The Morgan fingerprint density at radius 1 is 1.30 bits per heavy atom. The minimum absolute atomic E-state index is 0.405. The van der Waals surface area contributed by atoms with E-state index in [4.69, 9.17) is 4.74 Å². The second-order valence-electron chi connectivity index (χ2n) is 5.60. The minimum atomic E-state index is -0.972. The van der Waals surface area contributed by atoms with E-state index in [2.05, 4.69) is 11.9 Å². The lowest BCUT2D eigenvalue weighted by atomic mass is 10.0. The molecule has 1 atom stereocenters. The lowest BCUT2D eigenvalue weighted by Crippen LogP contribution is -2.35. The molecule has 1 aromatic rings. The first-order valence-electron chi connectivity index (χ1n) is 6.20. The number of hydrogen-bond donors (Lipinski definition) is 1. The third kappa shape index (κ3) is 4.64. The molecule has 0 fully saturated rings. The van der Waals surface area contributed by atoms with Gasteiger partial charge in [-0.2, -0.15) is 0 Å². The van der Waals surface area contributed by atoms with Gasteiger partial charge < -0.3 is 10.1 Å². The Morgan fingerprint density at radius 3 is 2.35 bits per heavy atom. The van der Waals surface area contributed by atoms with Crippen LogP contribution in [0.25, 0.3) is 0 Å². The Labute approximate surface area is 117 Å². The molecule has 0 aromatic heterocycles. The number of carbonyl (C=O) groups excluding carboxylic acids is 1. The van der Waals surface area contributed by atoms with Gasteiger partial charge >= 0.3 is 6.09 Å². The van der Waals surface area contributed by atoms with Gasteiger partial charge in [0.05, 0.1) is 6.04 Å². The number of rotatable bonds is 3. The quantitative estimate of drug-likeness (QED) is 0.848. The summed E-state index contributed by atoms with van der Waals surface area (Å²) in [5, 5.41) is 2.59. The van der Waals surface area contributed by atoms with Crippen LogP contribution >= 0.6 is 0 Å². The van der Waals surface area contributed by atoms with E-state index < -0.39 is 29.4 Å². The highest BCUT2D eigenvalue weighted by Crippen LogP contribution is 2.22. The van der Waals surface area contributed by atoms with E-state index >= 15 is 0 Å². The zero-order chi connectivity index (χ0) is 15.5. The standard InChI is InChI=1S/C15H19F2NO2/c1-9(2)13(18-14(19)20-15(3,4)5)10-6-7-11(16)12(17)8-10/h6-8,13H,1H2,2-5H3,(H,18,19). The number of carbonyl (C=O) groups is 1. The van der Waals surface area contributed by atoms with Crippen molar-refractivity contribution in [2.45, 2.75) is 39.3 Å². The number of ether oxygens (including phenoxy) is 1. The van der Waals surface area contributed by atoms with Gasteiger partial charge in [-0.15, -0.1) is 0 Å². The molecule has 0 bridgehead atoms. The fourth-order valence-corrected chi connectivity index (χ4v) is 1.61. The van der Waals surface area contributed by atoms with Crippen LogP contribution in [0, 0.1) is 11.6 Å². The van der Waals surface area contributed by atoms with E-state index in [0.29, 0.717) is 11.1 Å². The molecular formula is C15H19F2NO2. The number of halogens is 2. The Bertz CT molecular complexity index is 521. The highest BCUT2D eigenvalue weighted by molar-refractivity contribution is 5.69. The van der Waals surface area contributed by atoms with Crippen molar-refractivity contribution in [3.63, 3.8) is 0 Å². The molecule has 0 radical (unpaired) electrons. The SMILES string of the molecule is C=C(C)C(NC(=O)OC(C)(C)C)c1ccc(F)c(F)c1. The maximum atomic E-state index is 13.3. The third-order valence-electron chi connectivity index (χ3n) is 2.43. The zero-order valence-corrected chi connectivity index (χ0v) is 12.1. The van der Waals surface area contributed by atoms with Crippen molar-refractivity contribution in [3.05, 3.63) is 47.5 Å². The van der Waals surface area contributed by atoms with Gasteiger partial charge in [0, 0.05) is 0 Å². The largest absolute Gasteiger partial charge is 0.444 e. The smallest absolute Gasteiger partial charge is 0.408 e. The average molecular weight is 283 g/mol. The number of benzene rings is 1. The van der Waals surface area contributed by atoms with E-state index in [1.54, 1.807) is 27.7 Å². The predicted octanol–water partition coefficient (Wildman–Crippen LogP) is 4.11. The molecule has 0 aliphatic rings. The minimum Gasteiger partial charge on any atom is -0.444 e. The molecule has 1 unspecified atom stereocenters. The van der Waals surface area contributed by atoms with Gasteiger partial charge in [-0.1, -0.05) is 18.2 Å². The Morgan fingerprint density at radius 2 is 1.90 bits per heavy atom. The molecule has 1 aromatic carbocycles. The van der Waals surface area contributed by atoms with Crippen LogP contribution in [0.2, 0.25) is 0 Å². The maximum absolute atomic E-state index is 13.3. The number of hydrogen-bond acceptors (Lipinski definition) is 2. The van der Waals surface area contributed by atoms with Crippen molar-refractivity contribution in [2.75, 3.05) is 0 Å². The van der Waals surface area contributed by atoms with Gasteiger partial charge in [0.15, 0.2) is 11.6 Å². The summed E-state index contributed by atoms with van der Waals surface area (Å²) in [6.45, 7) is 10.6. The van der Waals surface area contributed by atoms with Crippen molar-refractivity contribution < 1.29 is 18.3 Å². The first kappa shape index (κ1) is 16.1. The number of amides is 1. The normalized spacial score (nSPS) is 12.7. The summed E-state index contributed by atoms with van der Waals surface area (Å²) in [6.07, 6.45) is -0.643. The van der Waals surface area contributed by atoms with Crippen molar-refractivity contribution in [1.82, 2.24) is 5.32 Å². The average Bonchev–Trinajstić information content (AvgIpc) is 2.27. The highest BCUT2D eigenvalue weighted by Gasteiger charge is 2.21. The van der Waals surface area contributed by atoms with Gasteiger partial charge in [0.2, 0.25) is 0 Å². The van der Waals surface area contributed by atoms with Crippen LogP contribution in [0.4, 0.5) is 13.6 Å². The fraction of sp³-hybridized carbons (Fsp3) is 0.400. The Balaban J connectivity index is 2.92. The predicted molar refractivity (Wildman–Crippen MR) is 73.3 cm³/mol. The Hall–Kier alpha value is -1.91. The maximum Gasteiger partial charge on any atom is 0.408 e. The number of nitrogens with one attached hydrogen (secondary N) is 1. The van der Waals surface area contributed by atoms with E-state index in [1.807, 2.05) is 0 Å².